The van der Waals surface area contributed by atoms with Gasteiger partial charge in [0, 0.05) is 44.8 Å². The van der Waals surface area contributed by atoms with Crippen LogP contribution in [0.2, 0.25) is 0 Å². The number of benzene rings is 2. The number of anilines is 1. The van der Waals surface area contributed by atoms with Crippen LogP contribution in [-0.2, 0) is 34.3 Å². The Labute approximate surface area is 205 Å². The second-order valence-corrected chi connectivity index (χ2v) is 11.3. The van der Waals surface area contributed by atoms with Crippen molar-refractivity contribution in [2.45, 2.75) is 63.4 Å². The molecule has 0 atom stereocenters. The van der Waals surface area contributed by atoms with Crippen molar-refractivity contribution < 1.29 is 13.2 Å². The van der Waals surface area contributed by atoms with Crippen molar-refractivity contribution >= 4 is 32.7 Å². The van der Waals surface area contributed by atoms with Gasteiger partial charge in [0.05, 0.1) is 15.9 Å². The molecule has 0 saturated carbocycles. The highest BCUT2D eigenvalue weighted by Crippen LogP contribution is 2.32. The zero-order valence-electron chi connectivity index (χ0n) is 20.1. The Morgan fingerprint density at radius 3 is 2.29 bits per heavy atom. The van der Waals surface area contributed by atoms with E-state index in [9.17, 15) is 18.0 Å². The lowest BCUT2D eigenvalue weighted by Crippen LogP contribution is -2.35. The maximum Gasteiger partial charge on any atom is 0.329 e. The molecule has 0 radical (unpaired) electrons. The number of fused-ring (bicyclic) bond motifs is 2. The van der Waals surface area contributed by atoms with Gasteiger partial charge in [-0.25, -0.2) is 13.2 Å². The van der Waals surface area contributed by atoms with E-state index in [0.29, 0.717) is 44.0 Å². The first kappa shape index (κ1) is 23.8. The van der Waals surface area contributed by atoms with E-state index in [1.165, 1.54) is 0 Å². The Kier molecular flexibility index (Phi) is 6.55. The molecule has 1 fully saturated rings. The molecular weight excluding hydrogens is 464 g/mol. The van der Waals surface area contributed by atoms with Crippen LogP contribution in [0.15, 0.2) is 52.2 Å². The Morgan fingerprint density at radius 1 is 0.914 bits per heavy atom. The van der Waals surface area contributed by atoms with Gasteiger partial charge in [0.1, 0.15) is 0 Å². The van der Waals surface area contributed by atoms with E-state index in [0.717, 1.165) is 48.0 Å². The molecule has 5 rings (SSSR count). The molecule has 9 heteroatoms. The Hall–Kier alpha value is -2.91. The van der Waals surface area contributed by atoms with E-state index >= 15 is 0 Å². The lowest BCUT2D eigenvalue weighted by atomic mass is 10.2. The van der Waals surface area contributed by atoms with Gasteiger partial charge in [-0.2, -0.15) is 4.31 Å². The quantitative estimate of drug-likeness (QED) is 0.502. The van der Waals surface area contributed by atoms with Crippen LogP contribution < -0.4 is 10.6 Å². The van der Waals surface area contributed by atoms with E-state index in [1.807, 2.05) is 31.2 Å². The fraction of sp³-hybridized carbons (Fsp3) is 0.462. The van der Waals surface area contributed by atoms with Crippen LogP contribution in [0.1, 0.15) is 44.6 Å². The van der Waals surface area contributed by atoms with Gasteiger partial charge in [-0.3, -0.25) is 13.9 Å². The number of nitrogens with zero attached hydrogens (tertiary/aromatic N) is 4. The van der Waals surface area contributed by atoms with E-state index in [1.54, 1.807) is 36.5 Å². The van der Waals surface area contributed by atoms with Crippen molar-refractivity contribution in [2.24, 2.45) is 0 Å². The minimum atomic E-state index is -3.51. The molecule has 1 amide bonds. The van der Waals surface area contributed by atoms with Gasteiger partial charge in [-0.1, -0.05) is 25.5 Å². The fourth-order valence-electron chi connectivity index (χ4n) is 5.32. The molecule has 186 valence electrons. The van der Waals surface area contributed by atoms with E-state index in [2.05, 4.69) is 0 Å². The van der Waals surface area contributed by atoms with Crippen LogP contribution in [0.5, 0.6) is 0 Å². The second-order valence-electron chi connectivity index (χ2n) is 9.38. The van der Waals surface area contributed by atoms with Gasteiger partial charge < -0.3 is 4.90 Å². The van der Waals surface area contributed by atoms with E-state index < -0.39 is 10.0 Å². The molecule has 0 bridgehead atoms. The lowest BCUT2D eigenvalue weighted by molar-refractivity contribution is -0.118. The van der Waals surface area contributed by atoms with Crippen molar-refractivity contribution in [3.63, 3.8) is 0 Å². The SMILES string of the molecule is CCCn1c(=O)n(CCC(=O)N2CCc3cc(S(=O)(=O)N4CCCCC4)ccc32)c2ccccc21. The average Bonchev–Trinajstić information content (AvgIpc) is 3.42. The maximum atomic E-state index is 13.2. The molecule has 0 spiro atoms. The van der Waals surface area contributed by atoms with E-state index in [-0.39, 0.29) is 18.0 Å². The standard InChI is InChI=1S/C26H32N4O4S/c1-2-14-29-23-8-4-5-9-24(23)30(26(29)32)18-13-25(31)28-17-12-20-19-21(10-11-22(20)28)35(33,34)27-15-6-3-7-16-27/h4-5,8-11,19H,2-3,6-7,12-18H2,1H3. The number of carbonyl (C=O) groups is 1. The number of sulfonamides is 1. The van der Waals surface area contributed by atoms with Gasteiger partial charge in [-0.15, -0.1) is 0 Å². The Bertz CT molecular complexity index is 1420. The highest BCUT2D eigenvalue weighted by molar-refractivity contribution is 7.89. The highest BCUT2D eigenvalue weighted by atomic mass is 32.2. The first-order valence-electron chi connectivity index (χ1n) is 12.5. The molecule has 2 aliphatic heterocycles. The summed E-state index contributed by atoms with van der Waals surface area (Å²) in [5.41, 5.74) is 3.30. The summed E-state index contributed by atoms with van der Waals surface area (Å²) < 4.78 is 31.2. The minimum Gasteiger partial charge on any atom is -0.312 e. The molecule has 2 aromatic carbocycles. The van der Waals surface area contributed by atoms with Crippen molar-refractivity contribution in [3.8, 4) is 0 Å². The third-order valence-corrected chi connectivity index (χ3v) is 9.02. The summed E-state index contributed by atoms with van der Waals surface area (Å²) in [6, 6.07) is 12.8. The van der Waals surface area contributed by atoms with Gasteiger partial charge in [0.25, 0.3) is 0 Å². The number of piperidine rings is 1. The second kappa shape index (κ2) is 9.62. The molecule has 8 nitrogen and oxygen atoms in total. The number of rotatable bonds is 7. The zero-order chi connectivity index (χ0) is 24.6. The topological polar surface area (TPSA) is 84.6 Å². The van der Waals surface area contributed by atoms with E-state index in [4.69, 9.17) is 0 Å². The average molecular weight is 497 g/mol. The molecule has 0 aliphatic carbocycles. The monoisotopic (exact) mass is 496 g/mol. The molecule has 2 aliphatic rings. The third-order valence-electron chi connectivity index (χ3n) is 7.12. The predicted molar refractivity (Wildman–Crippen MR) is 136 cm³/mol. The molecule has 35 heavy (non-hydrogen) atoms. The molecule has 0 unspecified atom stereocenters. The first-order chi connectivity index (χ1) is 16.9. The molecule has 0 N–H and O–H groups in total. The van der Waals surface area contributed by atoms with Gasteiger partial charge in [-0.05, 0) is 61.6 Å². The summed E-state index contributed by atoms with van der Waals surface area (Å²) >= 11 is 0. The van der Waals surface area contributed by atoms with Crippen LogP contribution in [0, 0.1) is 0 Å². The molecule has 3 heterocycles. The van der Waals surface area contributed by atoms with Crippen molar-refractivity contribution in [1.82, 2.24) is 13.4 Å². The molecule has 1 aromatic heterocycles. The number of para-hydroxylation sites is 2. The highest BCUT2D eigenvalue weighted by Gasteiger charge is 2.30. The molecule has 1 saturated heterocycles. The smallest absolute Gasteiger partial charge is 0.312 e. The first-order valence-corrected chi connectivity index (χ1v) is 14.0. The van der Waals surface area contributed by atoms with Crippen LogP contribution in [0.3, 0.4) is 0 Å². The lowest BCUT2D eigenvalue weighted by Gasteiger charge is -2.26. The van der Waals surface area contributed by atoms with Crippen molar-refractivity contribution in [3.05, 3.63) is 58.5 Å². The van der Waals surface area contributed by atoms with Crippen molar-refractivity contribution in [2.75, 3.05) is 24.5 Å². The summed E-state index contributed by atoms with van der Waals surface area (Å²) in [5, 5.41) is 0. The molecular formula is C26H32N4O4S. The minimum absolute atomic E-state index is 0.0605. The van der Waals surface area contributed by atoms with Crippen LogP contribution in [0.25, 0.3) is 11.0 Å². The van der Waals surface area contributed by atoms with Crippen molar-refractivity contribution in [1.29, 1.82) is 0 Å². The summed E-state index contributed by atoms with van der Waals surface area (Å²) in [6.45, 7) is 4.64. The number of hydrogen-bond donors (Lipinski definition) is 0. The maximum absolute atomic E-state index is 13.2. The summed E-state index contributed by atoms with van der Waals surface area (Å²) in [5.74, 6) is -0.0605. The van der Waals surface area contributed by atoms with Crippen LogP contribution >= 0.6 is 0 Å². The number of hydrogen-bond acceptors (Lipinski definition) is 4. The zero-order valence-corrected chi connectivity index (χ0v) is 21.0. The van der Waals surface area contributed by atoms with Crippen LogP contribution in [0.4, 0.5) is 5.69 Å². The Morgan fingerprint density at radius 2 is 1.60 bits per heavy atom. The number of aromatic nitrogens is 2. The number of amides is 1. The van der Waals surface area contributed by atoms with Gasteiger partial charge >= 0.3 is 5.69 Å². The summed E-state index contributed by atoms with van der Waals surface area (Å²) in [6.07, 6.45) is 4.54. The third kappa shape index (κ3) is 4.31. The van der Waals surface area contributed by atoms with Gasteiger partial charge in [0.15, 0.2) is 0 Å². The fourth-order valence-corrected chi connectivity index (χ4v) is 6.89. The molecule has 3 aromatic rings. The number of imidazole rings is 1. The Balaban J connectivity index is 1.33. The number of carbonyl (C=O) groups excluding carboxylic acids is 1. The number of aryl methyl sites for hydroxylation is 2. The largest absolute Gasteiger partial charge is 0.329 e. The predicted octanol–water partition coefficient (Wildman–Crippen LogP) is 3.37. The summed E-state index contributed by atoms with van der Waals surface area (Å²) in [4.78, 5) is 28.2. The summed E-state index contributed by atoms with van der Waals surface area (Å²) in [7, 11) is -3.51. The normalized spacial score (nSPS) is 16.7. The van der Waals surface area contributed by atoms with Gasteiger partial charge in [0.2, 0.25) is 15.9 Å². The van der Waals surface area contributed by atoms with Crippen LogP contribution in [-0.4, -0.2) is 47.4 Å².